The topological polar surface area (TPSA) is 26.3 Å². The highest BCUT2D eigenvalue weighted by Gasteiger charge is 2.35. The van der Waals surface area contributed by atoms with E-state index in [1.54, 1.807) is 0 Å². The third-order valence-corrected chi connectivity index (χ3v) is 1.62. The van der Waals surface area contributed by atoms with E-state index in [0.29, 0.717) is 6.61 Å². The van der Waals surface area contributed by atoms with Gasteiger partial charge in [-0.15, -0.1) is 23.2 Å². The normalized spacial score (nSPS) is 27.4. The van der Waals surface area contributed by atoms with Gasteiger partial charge in [-0.3, -0.25) is 4.79 Å². The lowest BCUT2D eigenvalue weighted by molar-refractivity contribution is -0.167. The van der Waals surface area contributed by atoms with Crippen LogP contribution >= 0.6 is 23.2 Å². The number of halogens is 2. The molecule has 0 spiro atoms. The van der Waals surface area contributed by atoms with E-state index in [1.807, 2.05) is 0 Å². The molecule has 0 saturated carbocycles. The van der Waals surface area contributed by atoms with E-state index in [-0.39, 0.29) is 11.9 Å². The molecule has 0 aliphatic carbocycles. The molecule has 1 aliphatic heterocycles. The van der Waals surface area contributed by atoms with Gasteiger partial charge in [-0.25, -0.2) is 0 Å². The second-order valence-electron chi connectivity index (χ2n) is 1.57. The molecule has 0 aromatic heterocycles. The zero-order valence-corrected chi connectivity index (χ0v) is 5.45. The van der Waals surface area contributed by atoms with E-state index in [0.717, 1.165) is 0 Å². The van der Waals surface area contributed by atoms with Gasteiger partial charge in [-0.1, -0.05) is 0 Å². The molecule has 1 saturated heterocycles. The first kappa shape index (κ1) is 6.17. The van der Waals surface area contributed by atoms with Crippen LogP contribution < -0.4 is 0 Å². The van der Waals surface area contributed by atoms with Gasteiger partial charge in [-0.05, 0) is 0 Å². The van der Waals surface area contributed by atoms with Crippen LogP contribution in [0.4, 0.5) is 0 Å². The zero-order chi connectivity index (χ0) is 6.15. The van der Waals surface area contributed by atoms with E-state index in [9.17, 15) is 4.79 Å². The van der Waals surface area contributed by atoms with Crippen LogP contribution in [-0.2, 0) is 9.53 Å². The maximum absolute atomic E-state index is 10.3. The van der Waals surface area contributed by atoms with Crippen LogP contribution in [0.25, 0.3) is 0 Å². The summed E-state index contributed by atoms with van der Waals surface area (Å²) in [5.74, 6) is -0.571. The molecule has 1 aliphatic rings. The molecule has 46 valence electrons. The zero-order valence-electron chi connectivity index (χ0n) is 3.93. The van der Waals surface area contributed by atoms with Crippen molar-refractivity contribution in [2.45, 2.75) is 4.84 Å². The monoisotopic (exact) mass is 154 g/mol. The van der Waals surface area contributed by atoms with Crippen molar-refractivity contribution in [2.75, 3.05) is 6.61 Å². The average molecular weight is 155 g/mol. The summed E-state index contributed by atoms with van der Waals surface area (Å²) in [6.07, 6.45) is 0. The Balaban J connectivity index is 2.37. The molecular formula is C4H4Cl2O2. The summed E-state index contributed by atoms with van der Waals surface area (Å²) in [7, 11) is 0. The summed E-state index contributed by atoms with van der Waals surface area (Å²) in [5, 5.41) is 0. The molecule has 0 aromatic carbocycles. The van der Waals surface area contributed by atoms with Crippen LogP contribution in [0, 0.1) is 5.92 Å². The maximum atomic E-state index is 10.3. The van der Waals surface area contributed by atoms with Crippen LogP contribution in [0.5, 0.6) is 0 Å². The molecule has 0 aromatic rings. The highest BCUT2D eigenvalue weighted by molar-refractivity contribution is 6.45. The fraction of sp³-hybridized carbons (Fsp3) is 0.750. The third kappa shape index (κ3) is 0.906. The first-order valence-electron chi connectivity index (χ1n) is 2.16. The van der Waals surface area contributed by atoms with Crippen LogP contribution in [0.2, 0.25) is 0 Å². The predicted octanol–water partition coefficient (Wildman–Crippen LogP) is 0.963. The number of alkyl halides is 2. The van der Waals surface area contributed by atoms with E-state index in [2.05, 4.69) is 4.74 Å². The van der Waals surface area contributed by atoms with Crippen molar-refractivity contribution in [2.24, 2.45) is 5.92 Å². The molecule has 1 fully saturated rings. The average Bonchev–Trinajstić information content (AvgIpc) is 1.61. The molecule has 1 unspecified atom stereocenters. The Morgan fingerprint density at radius 1 is 1.75 bits per heavy atom. The van der Waals surface area contributed by atoms with Gasteiger partial charge in [0, 0.05) is 0 Å². The van der Waals surface area contributed by atoms with Crippen molar-refractivity contribution in [3.05, 3.63) is 0 Å². The minimum absolute atomic E-state index is 0.279. The van der Waals surface area contributed by atoms with Crippen molar-refractivity contribution in [1.29, 1.82) is 0 Å². The molecule has 8 heavy (non-hydrogen) atoms. The summed E-state index contributed by atoms with van der Waals surface area (Å²) in [6.45, 7) is 0.372. The Morgan fingerprint density at radius 2 is 2.38 bits per heavy atom. The molecule has 1 atom stereocenters. The Hall–Kier alpha value is 0.0500. The Labute approximate surface area is 56.7 Å². The molecule has 0 N–H and O–H groups in total. The van der Waals surface area contributed by atoms with Crippen LogP contribution in [0.3, 0.4) is 0 Å². The molecule has 0 bridgehead atoms. The van der Waals surface area contributed by atoms with Crippen molar-refractivity contribution < 1.29 is 9.53 Å². The van der Waals surface area contributed by atoms with Gasteiger partial charge in [0.2, 0.25) is 0 Å². The van der Waals surface area contributed by atoms with Crippen LogP contribution in [0.1, 0.15) is 0 Å². The van der Waals surface area contributed by atoms with Gasteiger partial charge >= 0.3 is 5.97 Å². The lowest BCUT2D eigenvalue weighted by Gasteiger charge is -2.24. The Kier molecular flexibility index (Phi) is 1.63. The number of esters is 1. The third-order valence-electron chi connectivity index (χ3n) is 1.01. The largest absolute Gasteiger partial charge is 0.464 e. The van der Waals surface area contributed by atoms with Crippen molar-refractivity contribution in [3.8, 4) is 0 Å². The summed E-state index contributed by atoms with van der Waals surface area (Å²) >= 11 is 10.7. The fourth-order valence-electron chi connectivity index (χ4n) is 0.423. The standard InChI is InChI=1S/C4H4Cl2O2/c5-3(6)2-1-8-4(2)7/h2-3H,1H2. The lowest BCUT2D eigenvalue weighted by atomic mass is 10.1. The van der Waals surface area contributed by atoms with Crippen LogP contribution in [0.15, 0.2) is 0 Å². The number of cyclic esters (lactones) is 1. The quantitative estimate of drug-likeness (QED) is 0.416. The minimum Gasteiger partial charge on any atom is -0.464 e. The van der Waals surface area contributed by atoms with E-state index < -0.39 is 4.84 Å². The summed E-state index contributed by atoms with van der Waals surface area (Å²) < 4.78 is 4.40. The first-order valence-corrected chi connectivity index (χ1v) is 3.04. The van der Waals surface area contributed by atoms with Gasteiger partial charge in [-0.2, -0.15) is 0 Å². The van der Waals surface area contributed by atoms with Crippen molar-refractivity contribution in [3.63, 3.8) is 0 Å². The predicted molar refractivity (Wildman–Crippen MR) is 29.9 cm³/mol. The second kappa shape index (κ2) is 2.11. The second-order valence-corrected chi connectivity index (χ2v) is 2.73. The molecular weight excluding hydrogens is 151 g/mol. The molecule has 2 nitrogen and oxygen atoms in total. The molecule has 0 radical (unpaired) electrons. The van der Waals surface area contributed by atoms with E-state index in [4.69, 9.17) is 23.2 Å². The highest BCUT2D eigenvalue weighted by Crippen LogP contribution is 2.23. The SMILES string of the molecule is O=C1OCC1C(Cl)Cl. The summed E-state index contributed by atoms with van der Waals surface area (Å²) in [5.41, 5.74) is 0. The summed E-state index contributed by atoms with van der Waals surface area (Å²) in [4.78, 5) is 9.68. The molecule has 1 rings (SSSR count). The highest BCUT2D eigenvalue weighted by atomic mass is 35.5. The van der Waals surface area contributed by atoms with Crippen LogP contribution in [-0.4, -0.2) is 17.4 Å². The van der Waals surface area contributed by atoms with Gasteiger partial charge in [0.1, 0.15) is 17.4 Å². The minimum atomic E-state index is -0.601. The Bertz CT molecular complexity index is 113. The molecule has 0 amide bonds. The maximum Gasteiger partial charge on any atom is 0.315 e. The number of hydrogen-bond donors (Lipinski definition) is 0. The summed E-state index contributed by atoms with van der Waals surface area (Å²) in [6, 6.07) is 0. The van der Waals surface area contributed by atoms with E-state index >= 15 is 0 Å². The lowest BCUT2D eigenvalue weighted by Crippen LogP contribution is -2.38. The fourth-order valence-corrected chi connectivity index (χ4v) is 0.774. The Morgan fingerprint density at radius 3 is 2.38 bits per heavy atom. The number of carbonyl (C=O) groups excluding carboxylic acids is 1. The molecule has 4 heteroatoms. The number of carbonyl (C=O) groups is 1. The number of ether oxygens (including phenoxy) is 1. The van der Waals surface area contributed by atoms with Gasteiger partial charge in [0.25, 0.3) is 0 Å². The smallest absolute Gasteiger partial charge is 0.315 e. The first-order chi connectivity index (χ1) is 3.72. The number of rotatable bonds is 1. The van der Waals surface area contributed by atoms with Gasteiger partial charge < -0.3 is 4.74 Å². The van der Waals surface area contributed by atoms with Gasteiger partial charge in [0.05, 0.1) is 0 Å². The molecule has 1 heterocycles. The van der Waals surface area contributed by atoms with Crippen molar-refractivity contribution in [1.82, 2.24) is 0 Å². The van der Waals surface area contributed by atoms with Crippen molar-refractivity contribution >= 4 is 29.2 Å². The van der Waals surface area contributed by atoms with Gasteiger partial charge in [0.15, 0.2) is 0 Å². The van der Waals surface area contributed by atoms with E-state index in [1.165, 1.54) is 0 Å². The number of hydrogen-bond acceptors (Lipinski definition) is 2.